The predicted octanol–water partition coefficient (Wildman–Crippen LogP) is 5.64. The highest BCUT2D eigenvalue weighted by Crippen LogP contribution is 2.41. The lowest BCUT2D eigenvalue weighted by molar-refractivity contribution is -0.0515. The highest BCUT2D eigenvalue weighted by Gasteiger charge is 2.32. The zero-order valence-corrected chi connectivity index (χ0v) is 17.5. The van der Waals surface area contributed by atoms with Gasteiger partial charge in [-0.05, 0) is 87.3 Å². The molecule has 0 bridgehead atoms. The lowest BCUT2D eigenvalue weighted by Crippen LogP contribution is -2.30. The summed E-state index contributed by atoms with van der Waals surface area (Å²) in [6.45, 7) is 1.46. The van der Waals surface area contributed by atoms with Crippen LogP contribution < -0.4 is 0 Å². The Bertz CT molecular complexity index is 703. The van der Waals surface area contributed by atoms with Gasteiger partial charge in [-0.1, -0.05) is 12.8 Å². The molecule has 166 valence electrons. The Hall–Kier alpha value is -1.53. The molecule has 1 heterocycles. The Morgan fingerprint density at radius 2 is 1.50 bits per heavy atom. The van der Waals surface area contributed by atoms with Gasteiger partial charge in [-0.15, -0.1) is 0 Å². The van der Waals surface area contributed by atoms with Gasteiger partial charge in [0, 0.05) is 0 Å². The van der Waals surface area contributed by atoms with Crippen LogP contribution in [0, 0.1) is 29.4 Å². The van der Waals surface area contributed by atoms with E-state index >= 15 is 0 Å². The minimum atomic E-state index is -1.02. The molecule has 2 saturated carbocycles. The fraction of sp³-hybridized carbons (Fsp3) is 0.708. The smallest absolute Gasteiger partial charge is 0.338 e. The van der Waals surface area contributed by atoms with E-state index in [4.69, 9.17) is 14.2 Å². The molecule has 1 saturated heterocycles. The number of carbonyl (C=O) groups excluding carboxylic acids is 1. The molecule has 0 N–H and O–H groups in total. The third-order valence-corrected chi connectivity index (χ3v) is 7.21. The van der Waals surface area contributed by atoms with Crippen molar-refractivity contribution in [3.05, 3.63) is 35.4 Å². The van der Waals surface area contributed by atoms with Crippen molar-refractivity contribution in [3.63, 3.8) is 0 Å². The molecule has 3 aliphatic rings. The van der Waals surface area contributed by atoms with Crippen LogP contribution in [0.2, 0.25) is 0 Å². The van der Waals surface area contributed by atoms with Crippen molar-refractivity contribution in [2.75, 3.05) is 13.2 Å². The van der Waals surface area contributed by atoms with Gasteiger partial charge in [0.1, 0.15) is 6.10 Å². The van der Waals surface area contributed by atoms with E-state index in [1.54, 1.807) is 0 Å². The molecular formula is C24H32F2O4. The van der Waals surface area contributed by atoms with Gasteiger partial charge in [0.05, 0.1) is 18.8 Å². The lowest BCUT2D eigenvalue weighted by Gasteiger charge is -2.37. The number of halogens is 2. The highest BCUT2D eigenvalue weighted by molar-refractivity contribution is 5.89. The maximum Gasteiger partial charge on any atom is 0.338 e. The Labute approximate surface area is 177 Å². The van der Waals surface area contributed by atoms with Gasteiger partial charge in [0.25, 0.3) is 0 Å². The normalized spacial score (nSPS) is 30.3. The summed E-state index contributed by atoms with van der Waals surface area (Å²) in [7, 11) is 0. The molecular weight excluding hydrogens is 390 g/mol. The Kier molecular flexibility index (Phi) is 7.37. The van der Waals surface area contributed by atoms with Gasteiger partial charge in [-0.25, -0.2) is 13.6 Å². The van der Waals surface area contributed by atoms with Crippen LogP contribution >= 0.6 is 0 Å². The maximum atomic E-state index is 13.3. The fourth-order valence-corrected chi connectivity index (χ4v) is 5.41. The van der Waals surface area contributed by atoms with Gasteiger partial charge < -0.3 is 14.2 Å². The SMILES string of the molecule is O=C(O[C@H]1CC[C@H]([C@H]2CC[C@H](CCC3OCCO3)CC2)CC1)c1ccc(F)c(F)c1. The van der Waals surface area contributed by atoms with Crippen molar-refractivity contribution >= 4 is 5.97 Å². The van der Waals surface area contributed by atoms with Crippen LogP contribution in [0.5, 0.6) is 0 Å². The van der Waals surface area contributed by atoms with Crippen molar-refractivity contribution in [1.82, 2.24) is 0 Å². The first-order valence-electron chi connectivity index (χ1n) is 11.5. The second-order valence-corrected chi connectivity index (χ2v) is 9.10. The second-order valence-electron chi connectivity index (χ2n) is 9.10. The molecule has 0 unspecified atom stereocenters. The van der Waals surface area contributed by atoms with E-state index in [2.05, 4.69) is 0 Å². The molecule has 0 spiro atoms. The van der Waals surface area contributed by atoms with E-state index in [1.165, 1.54) is 38.2 Å². The van der Waals surface area contributed by atoms with Gasteiger partial charge in [0.2, 0.25) is 0 Å². The number of ether oxygens (including phenoxy) is 3. The average molecular weight is 423 g/mol. The average Bonchev–Trinajstić information content (AvgIpc) is 3.29. The van der Waals surface area contributed by atoms with Gasteiger partial charge in [-0.3, -0.25) is 0 Å². The lowest BCUT2D eigenvalue weighted by atomic mass is 9.70. The molecule has 30 heavy (non-hydrogen) atoms. The Morgan fingerprint density at radius 3 is 2.13 bits per heavy atom. The highest BCUT2D eigenvalue weighted by atomic mass is 19.2. The van der Waals surface area contributed by atoms with E-state index in [0.29, 0.717) is 5.92 Å². The molecule has 0 atom stereocenters. The van der Waals surface area contributed by atoms with Crippen LogP contribution in [-0.2, 0) is 14.2 Å². The first-order chi connectivity index (χ1) is 14.6. The minimum Gasteiger partial charge on any atom is -0.459 e. The summed E-state index contributed by atoms with van der Waals surface area (Å²) in [6, 6.07) is 3.15. The molecule has 0 radical (unpaired) electrons. The molecule has 1 aliphatic heterocycles. The number of esters is 1. The standard InChI is InChI=1S/C24H32F2O4/c25-21-11-8-19(15-22(21)26)24(27)30-20-9-6-18(7-10-20)17-4-1-16(2-5-17)3-12-23-28-13-14-29-23/h8,11,15-18,20,23H,1-7,9-10,12-14H2/t16-,17-,18-,20-. The summed E-state index contributed by atoms with van der Waals surface area (Å²) in [5.74, 6) is -0.252. The quantitative estimate of drug-likeness (QED) is 0.557. The van der Waals surface area contributed by atoms with E-state index in [1.807, 2.05) is 0 Å². The van der Waals surface area contributed by atoms with E-state index in [-0.39, 0.29) is 18.0 Å². The van der Waals surface area contributed by atoms with E-state index in [9.17, 15) is 13.6 Å². The fourth-order valence-electron chi connectivity index (χ4n) is 5.41. The monoisotopic (exact) mass is 422 g/mol. The number of rotatable bonds is 6. The number of benzene rings is 1. The molecule has 2 aliphatic carbocycles. The molecule has 3 fully saturated rings. The molecule has 4 nitrogen and oxygen atoms in total. The summed E-state index contributed by atoms with van der Waals surface area (Å²) in [5, 5.41) is 0. The van der Waals surface area contributed by atoms with Crippen LogP contribution in [0.3, 0.4) is 0 Å². The minimum absolute atomic E-state index is 0.0205. The van der Waals surface area contributed by atoms with Crippen molar-refractivity contribution in [2.24, 2.45) is 17.8 Å². The zero-order chi connectivity index (χ0) is 20.9. The van der Waals surface area contributed by atoms with Crippen LogP contribution in [0.15, 0.2) is 18.2 Å². The third-order valence-electron chi connectivity index (χ3n) is 7.21. The van der Waals surface area contributed by atoms with Crippen LogP contribution in [0.1, 0.15) is 74.6 Å². The molecule has 1 aromatic rings. The molecule has 1 aromatic carbocycles. The molecule has 4 rings (SSSR count). The molecule has 6 heteroatoms. The summed E-state index contributed by atoms with van der Waals surface area (Å²) in [5.41, 5.74) is 0.0720. The predicted molar refractivity (Wildman–Crippen MR) is 108 cm³/mol. The maximum absolute atomic E-state index is 13.3. The molecule has 0 amide bonds. The van der Waals surface area contributed by atoms with Gasteiger partial charge >= 0.3 is 5.97 Å². The summed E-state index contributed by atoms with van der Waals surface area (Å²) in [4.78, 5) is 12.2. The Balaban J connectivity index is 1.16. The summed E-state index contributed by atoms with van der Waals surface area (Å²) < 4.78 is 43.0. The number of hydrogen-bond acceptors (Lipinski definition) is 4. The van der Waals surface area contributed by atoms with Crippen molar-refractivity contribution in [3.8, 4) is 0 Å². The topological polar surface area (TPSA) is 44.8 Å². The molecule has 0 aromatic heterocycles. The van der Waals surface area contributed by atoms with Crippen LogP contribution in [0.25, 0.3) is 0 Å². The number of hydrogen-bond donors (Lipinski definition) is 0. The first-order valence-corrected chi connectivity index (χ1v) is 11.5. The number of carbonyl (C=O) groups is 1. The van der Waals surface area contributed by atoms with E-state index in [0.717, 1.165) is 69.3 Å². The van der Waals surface area contributed by atoms with Crippen molar-refractivity contribution in [2.45, 2.75) is 76.6 Å². The second kappa shape index (κ2) is 10.2. The third kappa shape index (κ3) is 5.58. The van der Waals surface area contributed by atoms with Gasteiger partial charge in [0.15, 0.2) is 17.9 Å². The largest absolute Gasteiger partial charge is 0.459 e. The summed E-state index contributed by atoms with van der Waals surface area (Å²) in [6.07, 6.45) is 11.2. The van der Waals surface area contributed by atoms with Gasteiger partial charge in [-0.2, -0.15) is 0 Å². The zero-order valence-electron chi connectivity index (χ0n) is 17.5. The van der Waals surface area contributed by atoms with Crippen LogP contribution in [0.4, 0.5) is 8.78 Å². The summed E-state index contributed by atoms with van der Waals surface area (Å²) >= 11 is 0. The van der Waals surface area contributed by atoms with Crippen molar-refractivity contribution in [1.29, 1.82) is 0 Å². The van der Waals surface area contributed by atoms with E-state index < -0.39 is 17.6 Å². The van der Waals surface area contributed by atoms with Crippen LogP contribution in [-0.4, -0.2) is 31.6 Å². The Morgan fingerprint density at radius 1 is 0.867 bits per heavy atom. The van der Waals surface area contributed by atoms with Crippen molar-refractivity contribution < 1.29 is 27.8 Å². The first kappa shape index (κ1) is 21.7.